The fourth-order valence-electron chi connectivity index (χ4n) is 1.20. The van der Waals surface area contributed by atoms with Crippen LogP contribution in [0.25, 0.3) is 0 Å². The van der Waals surface area contributed by atoms with Gasteiger partial charge in [-0.25, -0.2) is 10.3 Å². The average molecular weight is 262 g/mol. The van der Waals surface area contributed by atoms with Crippen molar-refractivity contribution < 1.29 is 9.23 Å². The van der Waals surface area contributed by atoms with Gasteiger partial charge in [0.25, 0.3) is 0 Å². The van der Waals surface area contributed by atoms with E-state index in [1.165, 1.54) is 0 Å². The number of nitrogens with two attached hydrogens (primary N) is 1. The van der Waals surface area contributed by atoms with Gasteiger partial charge in [-0.3, -0.25) is 4.84 Å². The van der Waals surface area contributed by atoms with Crippen LogP contribution in [0, 0.1) is 5.82 Å². The molecule has 78 valence electrons. The number of benzene rings is 1. The summed E-state index contributed by atoms with van der Waals surface area (Å²) in [5.41, 5.74) is 1.54. The fraction of sp³-hybridized carbons (Fsp3) is 0.400. The fourth-order valence-corrected chi connectivity index (χ4v) is 1.72. The van der Waals surface area contributed by atoms with Crippen LogP contribution in [0.4, 0.5) is 4.39 Å². The van der Waals surface area contributed by atoms with Crippen LogP contribution in [0.5, 0.6) is 0 Å². The summed E-state index contributed by atoms with van der Waals surface area (Å²) in [5, 5.41) is 0. The van der Waals surface area contributed by atoms with E-state index in [-0.39, 0.29) is 12.4 Å². The maximum absolute atomic E-state index is 13.4. The highest BCUT2D eigenvalue weighted by molar-refractivity contribution is 9.10. The van der Waals surface area contributed by atoms with E-state index in [0.29, 0.717) is 16.0 Å². The lowest BCUT2D eigenvalue weighted by Crippen LogP contribution is -2.03. The first-order chi connectivity index (χ1) is 6.56. The van der Waals surface area contributed by atoms with E-state index in [2.05, 4.69) is 20.8 Å². The zero-order valence-electron chi connectivity index (χ0n) is 8.18. The van der Waals surface area contributed by atoms with E-state index in [1.807, 2.05) is 13.8 Å². The molecule has 0 radical (unpaired) electrons. The van der Waals surface area contributed by atoms with Gasteiger partial charge in [-0.1, -0.05) is 19.9 Å². The molecule has 0 spiro atoms. The topological polar surface area (TPSA) is 35.2 Å². The Balaban J connectivity index is 3.14. The number of hydrogen-bond donors (Lipinski definition) is 1. The third kappa shape index (κ3) is 2.53. The van der Waals surface area contributed by atoms with Crippen LogP contribution in [0.3, 0.4) is 0 Å². The first-order valence-corrected chi connectivity index (χ1v) is 5.15. The summed E-state index contributed by atoms with van der Waals surface area (Å²) >= 11 is 3.16. The molecule has 0 amide bonds. The highest BCUT2D eigenvalue weighted by Crippen LogP contribution is 2.25. The lowest BCUT2D eigenvalue weighted by atomic mass is 10.0. The largest absolute Gasteiger partial charge is 0.300 e. The minimum absolute atomic E-state index is 0.0883. The van der Waals surface area contributed by atoms with Gasteiger partial charge >= 0.3 is 0 Å². The third-order valence-electron chi connectivity index (χ3n) is 2.03. The van der Waals surface area contributed by atoms with Gasteiger partial charge in [-0.05, 0) is 33.5 Å². The van der Waals surface area contributed by atoms with E-state index >= 15 is 0 Å². The van der Waals surface area contributed by atoms with Crippen molar-refractivity contribution in [3.63, 3.8) is 0 Å². The highest BCUT2D eigenvalue weighted by atomic mass is 79.9. The average Bonchev–Trinajstić information content (AvgIpc) is 2.12. The molecule has 1 rings (SSSR count). The lowest BCUT2D eigenvalue weighted by molar-refractivity contribution is 0.121. The first-order valence-electron chi connectivity index (χ1n) is 4.35. The van der Waals surface area contributed by atoms with Crippen molar-refractivity contribution in [2.75, 3.05) is 0 Å². The molecule has 0 saturated heterocycles. The number of hydrogen-bond acceptors (Lipinski definition) is 2. The Hall–Kier alpha value is -0.450. The molecule has 0 aliphatic carbocycles. The molecule has 0 aliphatic heterocycles. The number of halogens is 2. The van der Waals surface area contributed by atoms with Gasteiger partial charge in [0.2, 0.25) is 0 Å². The van der Waals surface area contributed by atoms with Crippen molar-refractivity contribution in [1.29, 1.82) is 0 Å². The van der Waals surface area contributed by atoms with Crippen LogP contribution in [-0.2, 0) is 11.4 Å². The molecule has 1 aromatic rings. The summed E-state index contributed by atoms with van der Waals surface area (Å²) in [6.45, 7) is 4.19. The standard InChI is InChI=1S/C10H13BrFNO/c1-6(2)7-3-8(5-14-13)10(12)9(11)4-7/h3-4,6H,5,13H2,1-2H3. The predicted octanol–water partition coefficient (Wildman–Crippen LogP) is 3.10. The van der Waals surface area contributed by atoms with Crippen molar-refractivity contribution in [2.45, 2.75) is 26.4 Å². The minimum Gasteiger partial charge on any atom is -0.300 e. The minimum atomic E-state index is -0.306. The lowest BCUT2D eigenvalue weighted by Gasteiger charge is -2.10. The Kier molecular flexibility index (Phi) is 4.04. The van der Waals surface area contributed by atoms with Crippen molar-refractivity contribution in [1.82, 2.24) is 0 Å². The molecule has 0 aromatic heterocycles. The van der Waals surface area contributed by atoms with Gasteiger partial charge in [0.15, 0.2) is 0 Å². The normalized spacial score (nSPS) is 11.0. The molecule has 4 heteroatoms. The van der Waals surface area contributed by atoms with Crippen molar-refractivity contribution in [3.05, 3.63) is 33.5 Å². The molecule has 1 aromatic carbocycles. The van der Waals surface area contributed by atoms with Crippen molar-refractivity contribution in [3.8, 4) is 0 Å². The maximum Gasteiger partial charge on any atom is 0.142 e. The smallest absolute Gasteiger partial charge is 0.142 e. The number of rotatable bonds is 3. The molecule has 0 unspecified atom stereocenters. The van der Waals surface area contributed by atoms with E-state index in [0.717, 1.165) is 5.56 Å². The van der Waals surface area contributed by atoms with Gasteiger partial charge in [0.05, 0.1) is 11.1 Å². The Morgan fingerprint density at radius 3 is 2.64 bits per heavy atom. The summed E-state index contributed by atoms with van der Waals surface area (Å²) in [5.74, 6) is 4.97. The summed E-state index contributed by atoms with van der Waals surface area (Å²) in [7, 11) is 0. The summed E-state index contributed by atoms with van der Waals surface area (Å²) in [6, 6.07) is 3.55. The van der Waals surface area contributed by atoms with Gasteiger partial charge in [0.1, 0.15) is 5.82 Å². The maximum atomic E-state index is 13.4. The van der Waals surface area contributed by atoms with Crippen LogP contribution in [0.15, 0.2) is 16.6 Å². The van der Waals surface area contributed by atoms with E-state index in [4.69, 9.17) is 5.90 Å². The Labute approximate surface area is 91.3 Å². The molecule has 2 N–H and O–H groups in total. The van der Waals surface area contributed by atoms with Crippen molar-refractivity contribution >= 4 is 15.9 Å². The Morgan fingerprint density at radius 2 is 2.14 bits per heavy atom. The van der Waals surface area contributed by atoms with Crippen LogP contribution < -0.4 is 5.90 Å². The molecule has 0 bridgehead atoms. The highest BCUT2D eigenvalue weighted by Gasteiger charge is 2.10. The third-order valence-corrected chi connectivity index (χ3v) is 2.61. The second-order valence-electron chi connectivity index (χ2n) is 3.44. The van der Waals surface area contributed by atoms with Crippen molar-refractivity contribution in [2.24, 2.45) is 5.90 Å². The quantitative estimate of drug-likeness (QED) is 0.849. The van der Waals surface area contributed by atoms with Crippen LogP contribution in [0.1, 0.15) is 30.9 Å². The van der Waals surface area contributed by atoms with Gasteiger partial charge in [0, 0.05) is 5.56 Å². The molecule has 0 aliphatic rings. The van der Waals surface area contributed by atoms with Crippen LogP contribution >= 0.6 is 15.9 Å². The molecule has 14 heavy (non-hydrogen) atoms. The zero-order chi connectivity index (χ0) is 10.7. The van der Waals surface area contributed by atoms with Crippen LogP contribution in [0.2, 0.25) is 0 Å². The molecule has 0 fully saturated rings. The SMILES string of the molecule is CC(C)c1cc(Br)c(F)c(CON)c1. The van der Waals surface area contributed by atoms with Gasteiger partial charge in [-0.2, -0.15) is 0 Å². The second kappa shape index (κ2) is 4.87. The molecule has 2 nitrogen and oxygen atoms in total. The van der Waals surface area contributed by atoms with Crippen LogP contribution in [-0.4, -0.2) is 0 Å². The first kappa shape index (κ1) is 11.6. The van der Waals surface area contributed by atoms with E-state index < -0.39 is 0 Å². The monoisotopic (exact) mass is 261 g/mol. The summed E-state index contributed by atoms with van der Waals surface area (Å²) in [6.07, 6.45) is 0. The van der Waals surface area contributed by atoms with Gasteiger partial charge < -0.3 is 0 Å². The summed E-state index contributed by atoms with van der Waals surface area (Å²) < 4.78 is 13.9. The zero-order valence-corrected chi connectivity index (χ0v) is 9.77. The summed E-state index contributed by atoms with van der Waals surface area (Å²) in [4.78, 5) is 4.44. The molecule has 0 heterocycles. The van der Waals surface area contributed by atoms with E-state index in [1.54, 1.807) is 12.1 Å². The predicted molar refractivity (Wildman–Crippen MR) is 57.2 cm³/mol. The second-order valence-corrected chi connectivity index (χ2v) is 4.30. The van der Waals surface area contributed by atoms with E-state index in [9.17, 15) is 4.39 Å². The molecular weight excluding hydrogens is 249 g/mol. The Bertz CT molecular complexity index is 328. The Morgan fingerprint density at radius 1 is 1.50 bits per heavy atom. The van der Waals surface area contributed by atoms with Gasteiger partial charge in [-0.15, -0.1) is 0 Å². The molecular formula is C10H13BrFNO. The molecule has 0 saturated carbocycles. The molecule has 0 atom stereocenters.